The summed E-state index contributed by atoms with van der Waals surface area (Å²) in [5.74, 6) is 0.383. The maximum atomic E-state index is 12.8. The molecule has 0 aliphatic carbocycles. The standard InChI is InChI=1S/C18H25N3O3S/c1-3-10-21-14(2)19-25(23,24)17-13-15(8-9-16(17)21)18(22)20-11-6-4-5-7-12-20/h8-9,13H,3-7,10-12H2,1-2H3. The van der Waals surface area contributed by atoms with E-state index in [1.165, 1.54) is 6.07 Å². The highest BCUT2D eigenvalue weighted by molar-refractivity contribution is 7.90. The van der Waals surface area contributed by atoms with E-state index in [9.17, 15) is 13.2 Å². The normalized spacial score (nSPS) is 19.8. The van der Waals surface area contributed by atoms with Crippen LogP contribution in [0.2, 0.25) is 0 Å². The molecule has 0 spiro atoms. The topological polar surface area (TPSA) is 70.0 Å². The van der Waals surface area contributed by atoms with Gasteiger partial charge in [-0.3, -0.25) is 4.79 Å². The molecule has 0 N–H and O–H groups in total. The second-order valence-electron chi connectivity index (χ2n) is 6.65. The number of anilines is 1. The van der Waals surface area contributed by atoms with Gasteiger partial charge in [-0.15, -0.1) is 4.40 Å². The summed E-state index contributed by atoms with van der Waals surface area (Å²) in [5.41, 5.74) is 1.04. The van der Waals surface area contributed by atoms with Crippen LogP contribution >= 0.6 is 0 Å². The molecule has 0 aromatic heterocycles. The molecule has 0 saturated carbocycles. The number of sulfonamides is 1. The number of carbonyl (C=O) groups excluding carboxylic acids is 1. The molecule has 1 saturated heterocycles. The fourth-order valence-corrected chi connectivity index (χ4v) is 4.75. The van der Waals surface area contributed by atoms with Crippen LogP contribution in [-0.2, 0) is 10.0 Å². The van der Waals surface area contributed by atoms with Crippen molar-refractivity contribution in [3.63, 3.8) is 0 Å². The number of likely N-dealkylation sites (tertiary alicyclic amines) is 1. The third-order valence-corrected chi connectivity index (χ3v) is 6.15. The van der Waals surface area contributed by atoms with Gasteiger partial charge in [0.2, 0.25) is 0 Å². The van der Waals surface area contributed by atoms with Crippen LogP contribution in [0, 0.1) is 0 Å². The van der Waals surface area contributed by atoms with E-state index in [1.54, 1.807) is 19.1 Å². The SMILES string of the molecule is CCCN1C(C)=NS(=O)(=O)c2cc(C(=O)N3CCCCCC3)ccc21. The van der Waals surface area contributed by atoms with Gasteiger partial charge in [0.1, 0.15) is 10.7 Å². The van der Waals surface area contributed by atoms with E-state index in [2.05, 4.69) is 4.40 Å². The Balaban J connectivity index is 1.97. The lowest BCUT2D eigenvalue weighted by atomic mass is 10.1. The molecule has 1 fully saturated rings. The highest BCUT2D eigenvalue weighted by Crippen LogP contribution is 2.33. The summed E-state index contributed by atoms with van der Waals surface area (Å²) in [5, 5.41) is 0. The van der Waals surface area contributed by atoms with Gasteiger partial charge in [0.25, 0.3) is 15.9 Å². The second-order valence-corrected chi connectivity index (χ2v) is 8.23. The molecule has 0 unspecified atom stereocenters. The first-order chi connectivity index (χ1) is 11.9. The molecular formula is C18H25N3O3S. The second kappa shape index (κ2) is 7.15. The molecule has 25 heavy (non-hydrogen) atoms. The predicted molar refractivity (Wildman–Crippen MR) is 98.7 cm³/mol. The summed E-state index contributed by atoms with van der Waals surface area (Å²) in [6.07, 6.45) is 5.16. The zero-order valence-corrected chi connectivity index (χ0v) is 15.7. The first kappa shape index (κ1) is 17.9. The van der Waals surface area contributed by atoms with E-state index < -0.39 is 10.0 Å². The van der Waals surface area contributed by atoms with E-state index in [0.717, 1.165) is 45.2 Å². The van der Waals surface area contributed by atoms with Crippen LogP contribution in [0.1, 0.15) is 56.3 Å². The van der Waals surface area contributed by atoms with Crippen molar-refractivity contribution in [3.05, 3.63) is 23.8 Å². The predicted octanol–water partition coefficient (Wildman–Crippen LogP) is 3.04. The average molecular weight is 363 g/mol. The fraction of sp³-hybridized carbons (Fsp3) is 0.556. The number of hydrogen-bond acceptors (Lipinski definition) is 4. The van der Waals surface area contributed by atoms with Crippen LogP contribution < -0.4 is 4.90 Å². The van der Waals surface area contributed by atoms with E-state index >= 15 is 0 Å². The Bertz CT molecular complexity index is 794. The summed E-state index contributed by atoms with van der Waals surface area (Å²) in [7, 11) is -3.76. The van der Waals surface area contributed by atoms with Crippen LogP contribution in [0.25, 0.3) is 0 Å². The Hall–Kier alpha value is -1.89. The van der Waals surface area contributed by atoms with Gasteiger partial charge in [-0.05, 0) is 44.4 Å². The van der Waals surface area contributed by atoms with Crippen LogP contribution in [0.5, 0.6) is 0 Å². The number of benzene rings is 1. The lowest BCUT2D eigenvalue weighted by Crippen LogP contribution is -2.35. The third kappa shape index (κ3) is 3.56. The van der Waals surface area contributed by atoms with Crippen molar-refractivity contribution in [2.24, 2.45) is 4.40 Å². The molecule has 3 rings (SSSR count). The Labute approximate surface area is 149 Å². The summed E-state index contributed by atoms with van der Waals surface area (Å²) < 4.78 is 28.9. The van der Waals surface area contributed by atoms with Crippen molar-refractivity contribution in [2.75, 3.05) is 24.5 Å². The molecule has 1 aromatic rings. The zero-order chi connectivity index (χ0) is 18.0. The fourth-order valence-electron chi connectivity index (χ4n) is 3.49. The number of rotatable bonds is 3. The highest BCUT2D eigenvalue weighted by atomic mass is 32.2. The average Bonchev–Trinajstić information content (AvgIpc) is 2.86. The maximum Gasteiger partial charge on any atom is 0.286 e. The minimum absolute atomic E-state index is 0.0896. The third-order valence-electron chi connectivity index (χ3n) is 4.76. The van der Waals surface area contributed by atoms with Gasteiger partial charge in [-0.1, -0.05) is 19.8 Å². The quantitative estimate of drug-likeness (QED) is 0.828. The van der Waals surface area contributed by atoms with E-state index in [1.807, 2.05) is 16.7 Å². The van der Waals surface area contributed by atoms with Crippen molar-refractivity contribution in [1.82, 2.24) is 4.90 Å². The minimum Gasteiger partial charge on any atom is -0.339 e. The first-order valence-corrected chi connectivity index (χ1v) is 10.4. The highest BCUT2D eigenvalue weighted by Gasteiger charge is 2.30. The first-order valence-electron chi connectivity index (χ1n) is 8.96. The van der Waals surface area contributed by atoms with Gasteiger partial charge in [-0.2, -0.15) is 8.42 Å². The molecule has 6 nitrogen and oxygen atoms in total. The monoisotopic (exact) mass is 363 g/mol. The summed E-state index contributed by atoms with van der Waals surface area (Å²) in [6, 6.07) is 4.98. The van der Waals surface area contributed by atoms with Crippen molar-refractivity contribution in [3.8, 4) is 0 Å². The van der Waals surface area contributed by atoms with Crippen LogP contribution in [0.15, 0.2) is 27.5 Å². The molecule has 0 atom stereocenters. The van der Waals surface area contributed by atoms with Gasteiger partial charge in [-0.25, -0.2) is 0 Å². The van der Waals surface area contributed by atoms with Crippen molar-refractivity contribution >= 4 is 27.5 Å². The van der Waals surface area contributed by atoms with Crippen molar-refractivity contribution in [2.45, 2.75) is 50.8 Å². The van der Waals surface area contributed by atoms with Gasteiger partial charge >= 0.3 is 0 Å². The van der Waals surface area contributed by atoms with Crippen LogP contribution in [0.3, 0.4) is 0 Å². The summed E-state index contributed by atoms with van der Waals surface area (Å²) in [6.45, 7) is 5.90. The number of carbonyl (C=O) groups is 1. The molecule has 1 aromatic carbocycles. The van der Waals surface area contributed by atoms with Crippen molar-refractivity contribution < 1.29 is 13.2 Å². The lowest BCUT2D eigenvalue weighted by Gasteiger charge is -2.29. The molecule has 136 valence electrons. The van der Waals surface area contributed by atoms with Gasteiger partial charge in [0, 0.05) is 25.2 Å². The molecule has 2 aliphatic rings. The molecule has 2 aliphatic heterocycles. The molecule has 1 amide bonds. The summed E-state index contributed by atoms with van der Waals surface area (Å²) in [4.78, 5) is 16.7. The number of hydrogen-bond donors (Lipinski definition) is 0. The van der Waals surface area contributed by atoms with Gasteiger partial charge < -0.3 is 9.80 Å². The smallest absolute Gasteiger partial charge is 0.286 e. The number of nitrogens with zero attached hydrogens (tertiary/aromatic N) is 3. The molecule has 0 radical (unpaired) electrons. The van der Waals surface area contributed by atoms with E-state index in [4.69, 9.17) is 0 Å². The Kier molecular flexibility index (Phi) is 5.13. The Morgan fingerprint density at radius 1 is 1.16 bits per heavy atom. The maximum absolute atomic E-state index is 12.8. The van der Waals surface area contributed by atoms with Crippen LogP contribution in [0.4, 0.5) is 5.69 Å². The largest absolute Gasteiger partial charge is 0.339 e. The van der Waals surface area contributed by atoms with Crippen LogP contribution in [-0.4, -0.2) is 44.7 Å². The number of amides is 1. The molecular weight excluding hydrogens is 338 g/mol. The Morgan fingerprint density at radius 2 is 1.84 bits per heavy atom. The number of fused-ring (bicyclic) bond motifs is 1. The lowest BCUT2D eigenvalue weighted by molar-refractivity contribution is 0.0761. The zero-order valence-electron chi connectivity index (χ0n) is 14.9. The van der Waals surface area contributed by atoms with E-state index in [-0.39, 0.29) is 10.8 Å². The molecule has 7 heteroatoms. The van der Waals surface area contributed by atoms with Gasteiger partial charge in [0.15, 0.2) is 0 Å². The molecule has 0 bridgehead atoms. The summed E-state index contributed by atoms with van der Waals surface area (Å²) >= 11 is 0. The minimum atomic E-state index is -3.76. The molecule has 2 heterocycles. The Morgan fingerprint density at radius 3 is 2.48 bits per heavy atom. The van der Waals surface area contributed by atoms with Crippen molar-refractivity contribution in [1.29, 1.82) is 0 Å². The van der Waals surface area contributed by atoms with E-state index in [0.29, 0.717) is 23.6 Å². The van der Waals surface area contributed by atoms with Gasteiger partial charge in [0.05, 0.1) is 5.69 Å². The number of amidine groups is 1.